The van der Waals surface area contributed by atoms with E-state index in [1.165, 1.54) is 11.3 Å². The number of aliphatic hydroxyl groups is 1. The van der Waals surface area contributed by atoms with E-state index in [0.717, 1.165) is 27.6 Å². The number of carbonyl (C=O) groups is 2. The van der Waals surface area contributed by atoms with Gasteiger partial charge in [-0.25, -0.2) is 4.98 Å². The Labute approximate surface area is 266 Å². The van der Waals surface area contributed by atoms with E-state index in [1.807, 2.05) is 56.6 Å². The predicted octanol–water partition coefficient (Wildman–Crippen LogP) is 5.14. The molecule has 234 valence electrons. The number of benzene rings is 3. The summed E-state index contributed by atoms with van der Waals surface area (Å²) in [5, 5.41) is 15.8. The SMILES string of the molecule is C[C@@H]1CN([C@@H](C)CO)C(=O)c2cccc(NC(=O)c3ccc(-c4nccs4)cc3)c2O[C@H]1CN(C)Cc1ccc2c(c1)OCO2. The van der Waals surface area contributed by atoms with Crippen molar-refractivity contribution in [3.63, 3.8) is 0 Å². The number of hydrogen-bond acceptors (Lipinski definition) is 9. The number of aromatic nitrogens is 1. The molecule has 2 amide bonds. The van der Waals surface area contributed by atoms with Crippen molar-refractivity contribution in [3.8, 4) is 27.8 Å². The second-order valence-electron chi connectivity index (χ2n) is 11.6. The van der Waals surface area contributed by atoms with Crippen molar-refractivity contribution in [2.75, 3.05) is 38.9 Å². The minimum atomic E-state index is -0.396. The molecular formula is C34H36N4O6S. The number of amides is 2. The average molecular weight is 629 g/mol. The average Bonchev–Trinajstić information content (AvgIpc) is 3.75. The lowest BCUT2D eigenvalue weighted by Gasteiger charge is -2.38. The fraction of sp³-hybridized carbons (Fsp3) is 0.324. The number of rotatable bonds is 9. The van der Waals surface area contributed by atoms with Crippen LogP contribution in [0.5, 0.6) is 17.2 Å². The zero-order valence-electron chi connectivity index (χ0n) is 25.4. The van der Waals surface area contributed by atoms with Gasteiger partial charge in [0.15, 0.2) is 17.2 Å². The Morgan fingerprint density at radius 3 is 2.71 bits per heavy atom. The Kier molecular flexibility index (Phi) is 9.02. The molecule has 2 aliphatic rings. The van der Waals surface area contributed by atoms with Gasteiger partial charge in [0, 0.05) is 48.3 Å². The van der Waals surface area contributed by atoms with Crippen LogP contribution in [0.2, 0.25) is 0 Å². The van der Waals surface area contributed by atoms with Gasteiger partial charge in [0.25, 0.3) is 11.8 Å². The van der Waals surface area contributed by atoms with Gasteiger partial charge in [0.1, 0.15) is 11.1 Å². The van der Waals surface area contributed by atoms with Crippen LogP contribution in [-0.2, 0) is 6.54 Å². The maximum absolute atomic E-state index is 13.8. The smallest absolute Gasteiger partial charge is 0.258 e. The summed E-state index contributed by atoms with van der Waals surface area (Å²) in [4.78, 5) is 35.5. The number of aliphatic hydroxyl groups excluding tert-OH is 1. The van der Waals surface area contributed by atoms with Crippen LogP contribution in [0.4, 0.5) is 5.69 Å². The Balaban J connectivity index is 1.26. The molecule has 0 aliphatic carbocycles. The Hall–Kier alpha value is -4.45. The van der Waals surface area contributed by atoms with Crippen molar-refractivity contribution in [1.82, 2.24) is 14.8 Å². The summed E-state index contributed by atoms with van der Waals surface area (Å²) < 4.78 is 17.7. The molecule has 0 unspecified atom stereocenters. The molecule has 4 aromatic rings. The second-order valence-corrected chi connectivity index (χ2v) is 12.5. The molecule has 11 heteroatoms. The van der Waals surface area contributed by atoms with Crippen LogP contribution >= 0.6 is 11.3 Å². The van der Waals surface area contributed by atoms with Gasteiger partial charge in [-0.15, -0.1) is 11.3 Å². The van der Waals surface area contributed by atoms with E-state index in [-0.39, 0.29) is 37.2 Å². The van der Waals surface area contributed by atoms with Crippen LogP contribution in [0.3, 0.4) is 0 Å². The van der Waals surface area contributed by atoms with Gasteiger partial charge in [0.05, 0.1) is 23.9 Å². The van der Waals surface area contributed by atoms with E-state index in [9.17, 15) is 14.7 Å². The Morgan fingerprint density at radius 1 is 1.16 bits per heavy atom. The molecule has 0 bridgehead atoms. The van der Waals surface area contributed by atoms with E-state index in [2.05, 4.69) is 15.2 Å². The molecule has 3 atom stereocenters. The highest BCUT2D eigenvalue weighted by Crippen LogP contribution is 2.36. The molecule has 6 rings (SSSR count). The van der Waals surface area contributed by atoms with Crippen LogP contribution in [0.25, 0.3) is 10.6 Å². The lowest BCUT2D eigenvalue weighted by molar-refractivity contribution is 0.0343. The lowest BCUT2D eigenvalue weighted by atomic mass is 9.98. The molecule has 2 aliphatic heterocycles. The first-order valence-electron chi connectivity index (χ1n) is 14.9. The highest BCUT2D eigenvalue weighted by atomic mass is 32.1. The molecule has 45 heavy (non-hydrogen) atoms. The number of ether oxygens (including phenoxy) is 3. The second kappa shape index (κ2) is 13.3. The number of thiazole rings is 1. The van der Waals surface area contributed by atoms with E-state index in [0.29, 0.717) is 42.2 Å². The summed E-state index contributed by atoms with van der Waals surface area (Å²) in [6.45, 7) is 5.52. The highest BCUT2D eigenvalue weighted by Gasteiger charge is 2.34. The van der Waals surface area contributed by atoms with Crippen molar-refractivity contribution >= 4 is 28.8 Å². The van der Waals surface area contributed by atoms with Gasteiger partial charge in [-0.3, -0.25) is 14.5 Å². The minimum Gasteiger partial charge on any atom is -0.486 e. The number of nitrogens with one attached hydrogen (secondary N) is 1. The quantitative estimate of drug-likeness (QED) is 0.262. The summed E-state index contributed by atoms with van der Waals surface area (Å²) in [5.74, 6) is 1.13. The number of fused-ring (bicyclic) bond motifs is 2. The molecule has 3 heterocycles. The normalized spacial score (nSPS) is 18.2. The van der Waals surface area contributed by atoms with Crippen LogP contribution in [-0.4, -0.2) is 77.4 Å². The zero-order chi connectivity index (χ0) is 31.5. The van der Waals surface area contributed by atoms with E-state index < -0.39 is 6.04 Å². The number of anilines is 1. The van der Waals surface area contributed by atoms with Gasteiger partial charge in [0.2, 0.25) is 6.79 Å². The standard InChI is InChI=1S/C34H36N4O6S/c1-21-16-38(22(2)19-39)34(41)26-5-4-6-27(36-32(40)24-8-10-25(11-9-24)33-35-13-14-45-33)31(26)44-30(21)18-37(3)17-23-7-12-28-29(15-23)43-20-42-28/h4-15,21-22,30,39H,16-20H2,1-3H3,(H,36,40)/t21-,22+,30+/m1/s1. The third-order valence-corrected chi connectivity index (χ3v) is 8.97. The summed E-state index contributed by atoms with van der Waals surface area (Å²) in [7, 11) is 2.02. The zero-order valence-corrected chi connectivity index (χ0v) is 26.3. The molecule has 0 radical (unpaired) electrons. The molecular weight excluding hydrogens is 592 g/mol. The Bertz CT molecular complexity index is 1660. The topological polar surface area (TPSA) is 113 Å². The Morgan fingerprint density at radius 2 is 1.96 bits per heavy atom. The van der Waals surface area contributed by atoms with Gasteiger partial charge in [-0.05, 0) is 55.9 Å². The summed E-state index contributed by atoms with van der Waals surface area (Å²) in [5.41, 5.74) is 3.21. The van der Waals surface area contributed by atoms with E-state index in [4.69, 9.17) is 14.2 Å². The van der Waals surface area contributed by atoms with E-state index >= 15 is 0 Å². The predicted molar refractivity (Wildman–Crippen MR) is 172 cm³/mol. The molecule has 0 saturated carbocycles. The third kappa shape index (κ3) is 6.65. The molecule has 2 N–H and O–H groups in total. The van der Waals surface area contributed by atoms with Crippen LogP contribution < -0.4 is 19.5 Å². The van der Waals surface area contributed by atoms with Crippen LogP contribution in [0.1, 0.15) is 40.1 Å². The number of carbonyl (C=O) groups excluding carboxylic acids is 2. The van der Waals surface area contributed by atoms with Crippen LogP contribution in [0.15, 0.2) is 72.2 Å². The highest BCUT2D eigenvalue weighted by molar-refractivity contribution is 7.13. The van der Waals surface area contributed by atoms with Crippen molar-refractivity contribution in [1.29, 1.82) is 0 Å². The fourth-order valence-electron chi connectivity index (χ4n) is 5.61. The number of para-hydroxylation sites is 1. The summed E-state index contributed by atoms with van der Waals surface area (Å²) in [6.07, 6.45) is 1.41. The number of nitrogens with zero attached hydrogens (tertiary/aromatic N) is 3. The fourth-order valence-corrected chi connectivity index (χ4v) is 6.25. The first-order valence-corrected chi connectivity index (χ1v) is 15.8. The lowest BCUT2D eigenvalue weighted by Crippen LogP contribution is -2.49. The van der Waals surface area contributed by atoms with Crippen LogP contribution in [0, 0.1) is 5.92 Å². The van der Waals surface area contributed by atoms with Crippen molar-refractivity contribution in [2.24, 2.45) is 5.92 Å². The summed E-state index contributed by atoms with van der Waals surface area (Å²) in [6, 6.07) is 17.9. The number of hydrogen-bond donors (Lipinski definition) is 2. The molecule has 1 aromatic heterocycles. The van der Waals surface area contributed by atoms with Gasteiger partial charge in [-0.2, -0.15) is 0 Å². The molecule has 3 aromatic carbocycles. The monoisotopic (exact) mass is 628 g/mol. The first-order chi connectivity index (χ1) is 21.8. The van der Waals surface area contributed by atoms with Crippen molar-refractivity contribution in [2.45, 2.75) is 32.5 Å². The van der Waals surface area contributed by atoms with Gasteiger partial charge >= 0.3 is 0 Å². The third-order valence-electron chi connectivity index (χ3n) is 8.15. The first kappa shape index (κ1) is 30.6. The van der Waals surface area contributed by atoms with Crippen molar-refractivity contribution in [3.05, 3.63) is 88.9 Å². The summed E-state index contributed by atoms with van der Waals surface area (Å²) >= 11 is 1.53. The number of likely N-dealkylation sites (N-methyl/N-ethyl adjacent to an activating group) is 1. The maximum Gasteiger partial charge on any atom is 0.258 e. The molecule has 0 spiro atoms. The minimum absolute atomic E-state index is 0.0857. The molecule has 0 saturated heterocycles. The van der Waals surface area contributed by atoms with Gasteiger partial charge in [-0.1, -0.05) is 31.2 Å². The van der Waals surface area contributed by atoms with E-state index in [1.54, 1.807) is 41.4 Å². The molecule has 10 nitrogen and oxygen atoms in total. The molecule has 0 fully saturated rings. The van der Waals surface area contributed by atoms with Gasteiger partial charge < -0.3 is 29.5 Å². The largest absolute Gasteiger partial charge is 0.486 e. The maximum atomic E-state index is 13.8. The van der Waals surface area contributed by atoms with Crippen molar-refractivity contribution < 1.29 is 28.9 Å².